The van der Waals surface area contributed by atoms with Crippen LogP contribution in [0, 0.1) is 5.92 Å². The van der Waals surface area contributed by atoms with Gasteiger partial charge < -0.3 is 19.9 Å². The van der Waals surface area contributed by atoms with Crippen LogP contribution in [0.5, 0.6) is 0 Å². The van der Waals surface area contributed by atoms with E-state index in [1.807, 2.05) is 38.1 Å². The third-order valence-corrected chi connectivity index (χ3v) is 7.21. The first-order chi connectivity index (χ1) is 16.8. The second kappa shape index (κ2) is 10.4. The third kappa shape index (κ3) is 4.56. The summed E-state index contributed by atoms with van der Waals surface area (Å²) in [5, 5.41) is 4.02. The Morgan fingerprint density at radius 3 is 2.69 bits per heavy atom. The van der Waals surface area contributed by atoms with Gasteiger partial charge in [0.25, 0.3) is 5.91 Å². The lowest BCUT2D eigenvalue weighted by Crippen LogP contribution is -2.51. The van der Waals surface area contributed by atoms with Crippen molar-refractivity contribution >= 4 is 28.7 Å². The maximum Gasteiger partial charge on any atom is 0.328 e. The zero-order valence-corrected chi connectivity index (χ0v) is 21.4. The molecule has 8 heteroatoms. The largest absolute Gasteiger partial charge is 0.381 e. The highest BCUT2D eigenvalue weighted by Crippen LogP contribution is 2.44. The number of hydrogen-bond acceptors (Lipinski definition) is 4. The Morgan fingerprint density at radius 1 is 1.20 bits per heavy atom. The first-order valence-corrected chi connectivity index (χ1v) is 12.9. The molecule has 1 aromatic heterocycles. The maximum atomic E-state index is 14.0. The Morgan fingerprint density at radius 2 is 1.94 bits per heavy atom. The van der Waals surface area contributed by atoms with Crippen molar-refractivity contribution < 1.29 is 19.1 Å². The van der Waals surface area contributed by atoms with Gasteiger partial charge in [-0.15, -0.1) is 0 Å². The van der Waals surface area contributed by atoms with Gasteiger partial charge in [-0.2, -0.15) is 0 Å². The summed E-state index contributed by atoms with van der Waals surface area (Å²) in [5.74, 6) is -0.481. The standard InChI is InChI=1S/C27H38N4O4/c1-5-6-15-35-16-9-13-28-24(32)22(17-18(2)3)31-25(33)27(4)23-20(12-14-30(27)26(31)34)19-10-7-8-11-21(19)29-23/h7-8,10-11,18,22,29H,5-6,9,12-17H2,1-4H3,(H,28,32). The van der Waals surface area contributed by atoms with Crippen molar-refractivity contribution in [3.05, 3.63) is 35.5 Å². The van der Waals surface area contributed by atoms with Crippen LogP contribution in [0.4, 0.5) is 4.79 Å². The number of para-hydroxylation sites is 1. The molecule has 2 atom stereocenters. The third-order valence-electron chi connectivity index (χ3n) is 7.21. The fourth-order valence-corrected chi connectivity index (χ4v) is 5.32. The Bertz CT molecular complexity index is 1090. The molecule has 0 aliphatic carbocycles. The van der Waals surface area contributed by atoms with E-state index in [-0.39, 0.29) is 23.8 Å². The number of amides is 4. The quantitative estimate of drug-likeness (QED) is 0.375. The van der Waals surface area contributed by atoms with Crippen molar-refractivity contribution in [1.29, 1.82) is 0 Å². The average Bonchev–Trinajstić information content (AvgIpc) is 3.30. The van der Waals surface area contributed by atoms with Crippen LogP contribution in [-0.4, -0.2) is 65.0 Å². The zero-order chi connectivity index (χ0) is 25.2. The minimum absolute atomic E-state index is 0.137. The van der Waals surface area contributed by atoms with Gasteiger partial charge in [-0.25, -0.2) is 9.69 Å². The SMILES string of the molecule is CCCCOCCCNC(=O)C(CC(C)C)N1C(=O)N2CCc3c([nH]c4ccccc34)C2(C)C1=O. The van der Waals surface area contributed by atoms with Crippen LogP contribution in [0.3, 0.4) is 0 Å². The molecule has 4 amide bonds. The number of aromatic nitrogens is 1. The van der Waals surface area contributed by atoms with Crippen molar-refractivity contribution in [1.82, 2.24) is 20.1 Å². The monoisotopic (exact) mass is 482 g/mol. The predicted octanol–water partition coefficient (Wildman–Crippen LogP) is 3.94. The highest BCUT2D eigenvalue weighted by atomic mass is 16.5. The number of ether oxygens (including phenoxy) is 1. The molecule has 2 N–H and O–H groups in total. The second-order valence-electron chi connectivity index (χ2n) is 10.2. The van der Waals surface area contributed by atoms with Crippen LogP contribution in [0.2, 0.25) is 0 Å². The lowest BCUT2D eigenvalue weighted by Gasteiger charge is -2.36. The number of unbranched alkanes of at least 4 members (excludes halogenated alkanes) is 1. The number of fused-ring (bicyclic) bond motifs is 5. The summed E-state index contributed by atoms with van der Waals surface area (Å²) < 4.78 is 5.57. The predicted molar refractivity (Wildman–Crippen MR) is 135 cm³/mol. The van der Waals surface area contributed by atoms with Crippen LogP contribution in [-0.2, 0) is 26.3 Å². The van der Waals surface area contributed by atoms with E-state index in [0.717, 1.165) is 41.6 Å². The summed E-state index contributed by atoms with van der Waals surface area (Å²) in [6, 6.07) is 6.75. The van der Waals surface area contributed by atoms with Crippen LogP contribution in [0.1, 0.15) is 64.6 Å². The summed E-state index contributed by atoms with van der Waals surface area (Å²) in [4.78, 5) is 47.1. The molecule has 2 unspecified atom stereocenters. The highest BCUT2D eigenvalue weighted by molar-refractivity contribution is 6.11. The number of nitrogens with one attached hydrogen (secondary N) is 2. The lowest BCUT2D eigenvalue weighted by molar-refractivity contribution is -0.140. The Balaban J connectivity index is 1.55. The molecule has 0 bridgehead atoms. The molecule has 2 aromatic rings. The summed E-state index contributed by atoms with van der Waals surface area (Å²) >= 11 is 0. The van der Waals surface area contributed by atoms with E-state index < -0.39 is 11.6 Å². The first-order valence-electron chi connectivity index (χ1n) is 12.9. The van der Waals surface area contributed by atoms with E-state index >= 15 is 0 Å². The van der Waals surface area contributed by atoms with E-state index in [9.17, 15) is 14.4 Å². The zero-order valence-electron chi connectivity index (χ0n) is 21.4. The molecule has 4 rings (SSSR count). The van der Waals surface area contributed by atoms with Crippen LogP contribution in [0.25, 0.3) is 10.9 Å². The molecule has 1 fully saturated rings. The van der Waals surface area contributed by atoms with Crippen molar-refractivity contribution in [2.24, 2.45) is 5.92 Å². The number of nitrogens with zero attached hydrogens (tertiary/aromatic N) is 2. The topological polar surface area (TPSA) is 94.7 Å². The highest BCUT2D eigenvalue weighted by Gasteiger charge is 2.60. The molecule has 3 heterocycles. The molecule has 0 saturated carbocycles. The van der Waals surface area contributed by atoms with Crippen molar-refractivity contribution in [3.8, 4) is 0 Å². The molecular formula is C27H38N4O4. The van der Waals surface area contributed by atoms with Gasteiger partial charge in [-0.05, 0) is 50.2 Å². The van der Waals surface area contributed by atoms with Crippen LogP contribution >= 0.6 is 0 Å². The van der Waals surface area contributed by atoms with Crippen LogP contribution in [0.15, 0.2) is 24.3 Å². The van der Waals surface area contributed by atoms with Crippen molar-refractivity contribution in [3.63, 3.8) is 0 Å². The number of urea groups is 1. The molecular weight excluding hydrogens is 444 g/mol. The minimum atomic E-state index is -1.15. The number of imide groups is 1. The average molecular weight is 483 g/mol. The molecule has 0 radical (unpaired) electrons. The number of aromatic amines is 1. The molecule has 35 heavy (non-hydrogen) atoms. The maximum absolute atomic E-state index is 14.0. The van der Waals surface area contributed by atoms with Gasteiger partial charge in [-0.1, -0.05) is 45.4 Å². The molecule has 1 aromatic carbocycles. The fourth-order valence-electron chi connectivity index (χ4n) is 5.32. The molecule has 0 spiro atoms. The van der Waals surface area contributed by atoms with E-state index in [1.165, 1.54) is 4.90 Å². The Kier molecular flexibility index (Phi) is 7.50. The minimum Gasteiger partial charge on any atom is -0.381 e. The van der Waals surface area contributed by atoms with Crippen LogP contribution < -0.4 is 5.32 Å². The molecule has 2 aliphatic rings. The summed E-state index contributed by atoms with van der Waals surface area (Å²) in [6.45, 7) is 10.1. The normalized spacial score (nSPS) is 20.5. The van der Waals surface area contributed by atoms with Gasteiger partial charge in [0.05, 0.1) is 5.69 Å². The number of benzene rings is 1. The lowest BCUT2D eigenvalue weighted by atomic mass is 9.87. The van der Waals surface area contributed by atoms with Gasteiger partial charge in [0.2, 0.25) is 5.91 Å². The van der Waals surface area contributed by atoms with E-state index in [1.54, 1.807) is 11.8 Å². The number of rotatable bonds is 11. The van der Waals surface area contributed by atoms with Crippen molar-refractivity contribution in [2.45, 2.75) is 71.4 Å². The van der Waals surface area contributed by atoms with Gasteiger partial charge >= 0.3 is 6.03 Å². The number of H-pyrrole nitrogens is 1. The first kappa shape index (κ1) is 25.2. The summed E-state index contributed by atoms with van der Waals surface area (Å²) in [5.41, 5.74) is 1.65. The summed E-state index contributed by atoms with van der Waals surface area (Å²) in [6.07, 6.45) is 3.88. The smallest absolute Gasteiger partial charge is 0.328 e. The summed E-state index contributed by atoms with van der Waals surface area (Å²) in [7, 11) is 0. The van der Waals surface area contributed by atoms with E-state index in [0.29, 0.717) is 39.0 Å². The van der Waals surface area contributed by atoms with Gasteiger partial charge in [0, 0.05) is 37.2 Å². The van der Waals surface area contributed by atoms with E-state index in [4.69, 9.17) is 4.74 Å². The van der Waals surface area contributed by atoms with Gasteiger partial charge in [-0.3, -0.25) is 9.59 Å². The fraction of sp³-hybridized carbons (Fsp3) is 0.593. The molecule has 2 aliphatic heterocycles. The second-order valence-corrected chi connectivity index (χ2v) is 10.2. The number of carbonyl (C=O) groups excluding carboxylic acids is 3. The molecule has 190 valence electrons. The van der Waals surface area contributed by atoms with Gasteiger partial charge in [0.15, 0.2) is 5.54 Å². The van der Waals surface area contributed by atoms with Gasteiger partial charge in [0.1, 0.15) is 6.04 Å². The molecule has 8 nitrogen and oxygen atoms in total. The number of hydrogen-bond donors (Lipinski definition) is 2. The van der Waals surface area contributed by atoms with Crippen molar-refractivity contribution in [2.75, 3.05) is 26.3 Å². The Labute approximate surface area is 207 Å². The van der Waals surface area contributed by atoms with E-state index in [2.05, 4.69) is 17.2 Å². The molecule has 1 saturated heterocycles. The number of carbonyl (C=O) groups is 3. The Hall–Kier alpha value is -2.87.